The third-order valence-electron chi connectivity index (χ3n) is 4.28. The molecule has 4 aromatic rings. The van der Waals surface area contributed by atoms with Gasteiger partial charge < -0.3 is 5.32 Å². The van der Waals surface area contributed by atoms with Crippen LogP contribution in [0.1, 0.15) is 20.9 Å². The number of aromatic nitrogens is 4. The first-order chi connectivity index (χ1) is 12.6. The van der Waals surface area contributed by atoms with Crippen molar-refractivity contribution >= 4 is 27.5 Å². The lowest BCUT2D eigenvalue weighted by Gasteiger charge is -2.02. The first-order valence-electron chi connectivity index (χ1n) is 8.42. The summed E-state index contributed by atoms with van der Waals surface area (Å²) in [7, 11) is 1.90. The van der Waals surface area contributed by atoms with Gasteiger partial charge in [-0.15, -0.1) is 11.3 Å². The Kier molecular flexibility index (Phi) is 4.30. The van der Waals surface area contributed by atoms with Crippen LogP contribution in [0.2, 0.25) is 0 Å². The number of thiophene rings is 1. The van der Waals surface area contributed by atoms with Crippen molar-refractivity contribution in [3.63, 3.8) is 0 Å². The molecule has 0 unspecified atom stereocenters. The second-order valence-electron chi connectivity index (χ2n) is 6.17. The Bertz CT molecular complexity index is 1030. The van der Waals surface area contributed by atoms with Crippen LogP contribution in [0.3, 0.4) is 0 Å². The van der Waals surface area contributed by atoms with E-state index in [-0.39, 0.29) is 5.91 Å². The predicted molar refractivity (Wildman–Crippen MR) is 103 cm³/mol. The molecule has 0 radical (unpaired) electrons. The number of carbonyl (C=O) groups excluding carboxylic acids is 1. The molecule has 6 nitrogen and oxygen atoms in total. The van der Waals surface area contributed by atoms with E-state index < -0.39 is 0 Å². The fraction of sp³-hybridized carbons (Fsp3) is 0.211. The van der Waals surface area contributed by atoms with Gasteiger partial charge in [0.05, 0.1) is 22.5 Å². The number of amides is 1. The molecule has 0 saturated carbocycles. The molecule has 0 aliphatic heterocycles. The van der Waals surface area contributed by atoms with Gasteiger partial charge >= 0.3 is 0 Å². The second kappa shape index (κ2) is 6.76. The lowest BCUT2D eigenvalue weighted by molar-refractivity contribution is 0.0958. The SMILES string of the molecule is Cc1nn(C)c2sc(C(=O)NCCc3cnn(-c4ccccc4)c3)cc12. The lowest BCUT2D eigenvalue weighted by Crippen LogP contribution is -2.24. The molecule has 26 heavy (non-hydrogen) atoms. The van der Waals surface area contributed by atoms with Crippen molar-refractivity contribution in [3.8, 4) is 5.69 Å². The number of aryl methyl sites for hydroxylation is 2. The summed E-state index contributed by atoms with van der Waals surface area (Å²) < 4.78 is 3.67. The summed E-state index contributed by atoms with van der Waals surface area (Å²) in [5.41, 5.74) is 3.06. The fourth-order valence-corrected chi connectivity index (χ4v) is 3.98. The van der Waals surface area contributed by atoms with Gasteiger partial charge in [0.1, 0.15) is 4.83 Å². The highest BCUT2D eigenvalue weighted by atomic mass is 32.1. The molecule has 1 amide bonds. The zero-order valence-corrected chi connectivity index (χ0v) is 15.5. The van der Waals surface area contributed by atoms with E-state index in [4.69, 9.17) is 0 Å². The first kappa shape index (κ1) is 16.5. The number of benzene rings is 1. The van der Waals surface area contributed by atoms with Crippen LogP contribution in [0.25, 0.3) is 15.9 Å². The molecule has 4 rings (SSSR count). The molecule has 0 atom stereocenters. The molecule has 132 valence electrons. The minimum atomic E-state index is -0.0407. The summed E-state index contributed by atoms with van der Waals surface area (Å²) in [6.45, 7) is 2.53. The van der Waals surface area contributed by atoms with Gasteiger partial charge in [-0.2, -0.15) is 10.2 Å². The smallest absolute Gasteiger partial charge is 0.261 e. The summed E-state index contributed by atoms with van der Waals surface area (Å²) in [4.78, 5) is 14.1. The Morgan fingerprint density at radius 3 is 2.85 bits per heavy atom. The number of nitrogens with zero attached hydrogens (tertiary/aromatic N) is 4. The van der Waals surface area contributed by atoms with Gasteiger partial charge in [0.25, 0.3) is 5.91 Å². The average Bonchev–Trinajstić information content (AvgIpc) is 3.34. The number of hydrogen-bond donors (Lipinski definition) is 1. The highest BCUT2D eigenvalue weighted by molar-refractivity contribution is 7.20. The first-order valence-corrected chi connectivity index (χ1v) is 9.24. The number of carbonyl (C=O) groups is 1. The summed E-state index contributed by atoms with van der Waals surface area (Å²) >= 11 is 1.47. The molecular formula is C19H19N5OS. The van der Waals surface area contributed by atoms with Gasteiger partial charge in [-0.3, -0.25) is 9.48 Å². The highest BCUT2D eigenvalue weighted by Crippen LogP contribution is 2.27. The van der Waals surface area contributed by atoms with Gasteiger partial charge in [-0.1, -0.05) is 18.2 Å². The zero-order chi connectivity index (χ0) is 18.1. The van der Waals surface area contributed by atoms with Gasteiger partial charge in [-0.05, 0) is 37.1 Å². The van der Waals surface area contributed by atoms with E-state index >= 15 is 0 Å². The Morgan fingerprint density at radius 1 is 1.27 bits per heavy atom. The van der Waals surface area contributed by atoms with Crippen molar-refractivity contribution < 1.29 is 4.79 Å². The number of hydrogen-bond acceptors (Lipinski definition) is 4. The quantitative estimate of drug-likeness (QED) is 0.591. The molecule has 0 fully saturated rings. The maximum absolute atomic E-state index is 12.4. The van der Waals surface area contributed by atoms with E-state index in [1.165, 1.54) is 11.3 Å². The summed E-state index contributed by atoms with van der Waals surface area (Å²) in [5.74, 6) is -0.0407. The van der Waals surface area contributed by atoms with Gasteiger partial charge in [-0.25, -0.2) is 4.68 Å². The second-order valence-corrected chi connectivity index (χ2v) is 7.20. The van der Waals surface area contributed by atoms with Crippen LogP contribution >= 0.6 is 11.3 Å². The van der Waals surface area contributed by atoms with Crippen LogP contribution in [0.4, 0.5) is 0 Å². The molecule has 0 spiro atoms. The van der Waals surface area contributed by atoms with E-state index in [1.807, 2.05) is 72.1 Å². The van der Waals surface area contributed by atoms with Crippen molar-refractivity contribution in [1.29, 1.82) is 0 Å². The molecule has 1 aromatic carbocycles. The number of para-hydroxylation sites is 1. The van der Waals surface area contributed by atoms with E-state index in [0.29, 0.717) is 6.54 Å². The molecule has 0 saturated heterocycles. The van der Waals surface area contributed by atoms with E-state index in [9.17, 15) is 4.79 Å². The summed E-state index contributed by atoms with van der Waals surface area (Å²) in [6, 6.07) is 11.9. The van der Waals surface area contributed by atoms with Crippen molar-refractivity contribution in [2.75, 3.05) is 6.54 Å². The Morgan fingerprint density at radius 2 is 2.08 bits per heavy atom. The summed E-state index contributed by atoms with van der Waals surface area (Å²) in [6.07, 6.45) is 4.58. The molecule has 1 N–H and O–H groups in total. The molecule has 7 heteroatoms. The molecule has 3 aromatic heterocycles. The number of fused-ring (bicyclic) bond motifs is 1. The Hall–Kier alpha value is -2.93. The van der Waals surface area contributed by atoms with E-state index in [0.717, 1.165) is 38.5 Å². The van der Waals surface area contributed by atoms with Gasteiger partial charge in [0, 0.05) is 25.2 Å². The minimum Gasteiger partial charge on any atom is -0.351 e. The molecule has 0 aliphatic carbocycles. The van der Waals surface area contributed by atoms with Crippen LogP contribution in [0.5, 0.6) is 0 Å². The topological polar surface area (TPSA) is 64.7 Å². The number of nitrogens with one attached hydrogen (secondary N) is 1. The Balaban J connectivity index is 1.37. The normalized spacial score (nSPS) is 11.2. The third kappa shape index (κ3) is 3.13. The van der Waals surface area contributed by atoms with Crippen LogP contribution in [-0.2, 0) is 13.5 Å². The van der Waals surface area contributed by atoms with Crippen LogP contribution in [0, 0.1) is 6.92 Å². The zero-order valence-electron chi connectivity index (χ0n) is 14.6. The average molecular weight is 365 g/mol. The molecule has 3 heterocycles. The standard InChI is InChI=1S/C19H19N5OS/c1-13-16-10-17(26-19(16)23(2)22-13)18(25)20-9-8-14-11-21-24(12-14)15-6-4-3-5-7-15/h3-7,10-12H,8-9H2,1-2H3,(H,20,25). The summed E-state index contributed by atoms with van der Waals surface area (Å²) in [5, 5.41) is 12.8. The highest BCUT2D eigenvalue weighted by Gasteiger charge is 2.14. The monoisotopic (exact) mass is 365 g/mol. The van der Waals surface area contributed by atoms with Crippen LogP contribution in [0.15, 0.2) is 48.8 Å². The van der Waals surface area contributed by atoms with Crippen molar-refractivity contribution in [3.05, 3.63) is 64.9 Å². The maximum Gasteiger partial charge on any atom is 0.261 e. The van der Waals surface area contributed by atoms with E-state index in [2.05, 4.69) is 15.5 Å². The molecule has 0 aliphatic rings. The third-order valence-corrected chi connectivity index (χ3v) is 5.48. The predicted octanol–water partition coefficient (Wildman–Crippen LogP) is 3.10. The van der Waals surface area contributed by atoms with Crippen molar-refractivity contribution in [2.24, 2.45) is 7.05 Å². The largest absolute Gasteiger partial charge is 0.351 e. The van der Waals surface area contributed by atoms with E-state index in [1.54, 1.807) is 0 Å². The van der Waals surface area contributed by atoms with Crippen LogP contribution < -0.4 is 5.32 Å². The maximum atomic E-state index is 12.4. The fourth-order valence-electron chi connectivity index (χ4n) is 2.94. The Labute approximate surface area is 155 Å². The molecule has 0 bridgehead atoms. The molecular weight excluding hydrogens is 346 g/mol. The lowest BCUT2D eigenvalue weighted by atomic mass is 10.2. The van der Waals surface area contributed by atoms with Gasteiger partial charge in [0.2, 0.25) is 0 Å². The minimum absolute atomic E-state index is 0.0407. The van der Waals surface area contributed by atoms with Crippen molar-refractivity contribution in [2.45, 2.75) is 13.3 Å². The number of rotatable bonds is 5. The van der Waals surface area contributed by atoms with Crippen molar-refractivity contribution in [1.82, 2.24) is 24.9 Å². The van der Waals surface area contributed by atoms with Gasteiger partial charge in [0.15, 0.2) is 0 Å². The van der Waals surface area contributed by atoms with Crippen LogP contribution in [-0.4, -0.2) is 32.0 Å².